The lowest BCUT2D eigenvalue weighted by Crippen LogP contribution is -2.21. The van der Waals surface area contributed by atoms with Crippen LogP contribution in [0.5, 0.6) is 0 Å². The van der Waals surface area contributed by atoms with Gasteiger partial charge in [0.2, 0.25) is 0 Å². The molecule has 0 aliphatic heterocycles. The van der Waals surface area contributed by atoms with Crippen molar-refractivity contribution in [3.63, 3.8) is 0 Å². The smallest absolute Gasteiger partial charge is 0.0954 e. The maximum Gasteiger partial charge on any atom is 0.0954 e. The van der Waals surface area contributed by atoms with Gasteiger partial charge in [-0.2, -0.15) is 0 Å². The molecular weight excluding hydrogens is 266 g/mol. The summed E-state index contributed by atoms with van der Waals surface area (Å²) in [6, 6.07) is 4.81. The first-order valence-corrected chi connectivity index (χ1v) is 8.57. The lowest BCUT2D eigenvalue weighted by molar-refractivity contribution is 0.550. The lowest BCUT2D eigenvalue weighted by atomic mass is 10.1. The molecule has 2 aromatic heterocycles. The topological polar surface area (TPSA) is 25.2 Å². The molecule has 3 heteroatoms. The zero-order valence-electron chi connectivity index (χ0n) is 12.2. The van der Waals surface area contributed by atoms with E-state index < -0.39 is 0 Å². The van der Waals surface area contributed by atoms with Crippen LogP contribution in [-0.2, 0) is 12.8 Å². The molecule has 1 N–H and O–H groups in total. The molecule has 0 aromatic carbocycles. The first-order chi connectivity index (χ1) is 9.88. The summed E-state index contributed by atoms with van der Waals surface area (Å²) in [5.74, 6) is 0. The van der Waals surface area contributed by atoms with Gasteiger partial charge in [0.05, 0.1) is 18.6 Å². The molecule has 108 valence electrons. The fraction of sp³-hybridized carbons (Fsp3) is 0.529. The molecule has 3 rings (SSSR count). The van der Waals surface area contributed by atoms with E-state index in [1.54, 1.807) is 16.7 Å². The molecule has 1 aliphatic carbocycles. The minimum atomic E-state index is 0.297. The predicted octanol–water partition coefficient (Wildman–Crippen LogP) is 4.70. The summed E-state index contributed by atoms with van der Waals surface area (Å²) in [6.45, 7) is 3.25. The quantitative estimate of drug-likeness (QED) is 0.807. The predicted molar refractivity (Wildman–Crippen MR) is 84.4 cm³/mol. The van der Waals surface area contributed by atoms with E-state index in [2.05, 4.69) is 24.4 Å². The molecule has 1 unspecified atom stereocenters. The average molecular weight is 289 g/mol. The summed E-state index contributed by atoms with van der Waals surface area (Å²) in [7, 11) is 0. The van der Waals surface area contributed by atoms with E-state index in [0.29, 0.717) is 6.04 Å². The SMILES string of the molecule is CCCNC(c1ccoc1)c1cc2c(s1)CCCCC2. The standard InChI is InChI=1S/C17H23NOS/c1-2-9-18-17(14-8-10-19-12-14)16-11-13-6-4-3-5-7-15(13)20-16/h8,10-12,17-18H,2-7,9H2,1H3. The monoisotopic (exact) mass is 289 g/mol. The number of hydrogen-bond donors (Lipinski definition) is 1. The Morgan fingerprint density at radius 1 is 1.30 bits per heavy atom. The first kappa shape index (κ1) is 13.9. The van der Waals surface area contributed by atoms with Gasteiger partial charge >= 0.3 is 0 Å². The van der Waals surface area contributed by atoms with Gasteiger partial charge < -0.3 is 9.73 Å². The number of nitrogens with one attached hydrogen (secondary N) is 1. The van der Waals surface area contributed by atoms with Gasteiger partial charge in [-0.25, -0.2) is 0 Å². The molecule has 20 heavy (non-hydrogen) atoms. The van der Waals surface area contributed by atoms with E-state index in [-0.39, 0.29) is 0 Å². The van der Waals surface area contributed by atoms with E-state index in [1.807, 2.05) is 17.6 Å². The first-order valence-electron chi connectivity index (χ1n) is 7.75. The van der Waals surface area contributed by atoms with Gasteiger partial charge in [-0.05, 0) is 56.3 Å². The van der Waals surface area contributed by atoms with Crippen LogP contribution in [0.25, 0.3) is 0 Å². The molecule has 1 atom stereocenters. The molecule has 0 saturated carbocycles. The van der Waals surface area contributed by atoms with Crippen LogP contribution >= 0.6 is 11.3 Å². The molecule has 0 amide bonds. The van der Waals surface area contributed by atoms with Crippen molar-refractivity contribution in [1.29, 1.82) is 0 Å². The molecule has 0 bridgehead atoms. The van der Waals surface area contributed by atoms with Gasteiger partial charge in [0, 0.05) is 15.3 Å². The van der Waals surface area contributed by atoms with E-state index in [4.69, 9.17) is 4.42 Å². The van der Waals surface area contributed by atoms with Gasteiger partial charge in [0.25, 0.3) is 0 Å². The Kier molecular flexibility index (Phi) is 4.58. The second kappa shape index (κ2) is 6.59. The molecular formula is C17H23NOS. The molecule has 2 aromatic rings. The van der Waals surface area contributed by atoms with Crippen molar-refractivity contribution >= 4 is 11.3 Å². The third-order valence-corrected chi connectivity index (χ3v) is 5.33. The molecule has 0 fully saturated rings. The highest BCUT2D eigenvalue weighted by Crippen LogP contribution is 2.35. The largest absolute Gasteiger partial charge is 0.472 e. The summed E-state index contributed by atoms with van der Waals surface area (Å²) in [5, 5.41) is 3.66. The van der Waals surface area contributed by atoms with Gasteiger partial charge in [-0.1, -0.05) is 13.3 Å². The average Bonchev–Trinajstić information content (AvgIpc) is 3.06. The number of fused-ring (bicyclic) bond motifs is 1. The van der Waals surface area contributed by atoms with Crippen LogP contribution in [0, 0.1) is 0 Å². The van der Waals surface area contributed by atoms with Gasteiger partial charge in [0.15, 0.2) is 0 Å². The molecule has 1 aliphatic rings. The normalized spacial score (nSPS) is 16.6. The van der Waals surface area contributed by atoms with Crippen LogP contribution in [0.4, 0.5) is 0 Å². The van der Waals surface area contributed by atoms with Gasteiger partial charge in [0.1, 0.15) is 0 Å². The van der Waals surface area contributed by atoms with Crippen molar-refractivity contribution in [3.05, 3.63) is 45.5 Å². The number of hydrogen-bond acceptors (Lipinski definition) is 3. The van der Waals surface area contributed by atoms with Gasteiger partial charge in [-0.3, -0.25) is 0 Å². The Labute approximate surface area is 125 Å². The highest BCUT2D eigenvalue weighted by atomic mass is 32.1. The Morgan fingerprint density at radius 3 is 3.00 bits per heavy atom. The minimum Gasteiger partial charge on any atom is -0.472 e. The Balaban J connectivity index is 1.87. The third-order valence-electron chi connectivity index (χ3n) is 4.03. The van der Waals surface area contributed by atoms with E-state index in [9.17, 15) is 0 Å². The maximum atomic E-state index is 5.28. The molecule has 2 heterocycles. The summed E-state index contributed by atoms with van der Waals surface area (Å²) in [4.78, 5) is 3.07. The highest BCUT2D eigenvalue weighted by Gasteiger charge is 2.20. The van der Waals surface area contributed by atoms with Crippen molar-refractivity contribution in [3.8, 4) is 0 Å². The maximum absolute atomic E-state index is 5.28. The minimum absolute atomic E-state index is 0.297. The zero-order chi connectivity index (χ0) is 13.8. The fourth-order valence-electron chi connectivity index (χ4n) is 2.94. The summed E-state index contributed by atoms with van der Waals surface area (Å²) >= 11 is 2.00. The van der Waals surface area contributed by atoms with Crippen LogP contribution in [0.2, 0.25) is 0 Å². The van der Waals surface area contributed by atoms with E-state index >= 15 is 0 Å². The van der Waals surface area contributed by atoms with Crippen LogP contribution in [-0.4, -0.2) is 6.54 Å². The molecule has 2 nitrogen and oxygen atoms in total. The lowest BCUT2D eigenvalue weighted by Gasteiger charge is -2.15. The zero-order valence-corrected chi connectivity index (χ0v) is 13.0. The van der Waals surface area contributed by atoms with Crippen LogP contribution in [0.3, 0.4) is 0 Å². The van der Waals surface area contributed by atoms with E-state index in [0.717, 1.165) is 13.0 Å². The summed E-state index contributed by atoms with van der Waals surface area (Å²) < 4.78 is 5.28. The molecule has 0 saturated heterocycles. The Morgan fingerprint density at radius 2 is 2.20 bits per heavy atom. The van der Waals surface area contributed by atoms with Crippen molar-refractivity contribution < 1.29 is 4.42 Å². The van der Waals surface area contributed by atoms with Crippen molar-refractivity contribution in [2.75, 3.05) is 6.54 Å². The van der Waals surface area contributed by atoms with Crippen LogP contribution in [0.1, 0.15) is 59.5 Å². The molecule has 0 radical (unpaired) electrons. The Hall–Kier alpha value is -1.06. The highest BCUT2D eigenvalue weighted by molar-refractivity contribution is 7.12. The van der Waals surface area contributed by atoms with Crippen molar-refractivity contribution in [2.45, 2.75) is 51.5 Å². The second-order valence-electron chi connectivity index (χ2n) is 5.60. The van der Waals surface area contributed by atoms with Crippen molar-refractivity contribution in [2.24, 2.45) is 0 Å². The van der Waals surface area contributed by atoms with Crippen LogP contribution in [0.15, 0.2) is 29.1 Å². The second-order valence-corrected chi connectivity index (χ2v) is 6.77. The number of rotatable bonds is 5. The van der Waals surface area contributed by atoms with Crippen LogP contribution < -0.4 is 5.32 Å². The fourth-order valence-corrected chi connectivity index (χ4v) is 4.30. The van der Waals surface area contributed by atoms with Gasteiger partial charge in [-0.15, -0.1) is 11.3 Å². The Bertz CT molecular complexity index is 506. The summed E-state index contributed by atoms with van der Waals surface area (Å²) in [5.41, 5.74) is 2.84. The summed E-state index contributed by atoms with van der Waals surface area (Å²) in [6.07, 6.45) is 11.4. The van der Waals surface area contributed by atoms with E-state index in [1.165, 1.54) is 42.5 Å². The third kappa shape index (κ3) is 2.99. The molecule has 0 spiro atoms. The number of aryl methyl sites for hydroxylation is 2. The number of thiophene rings is 1. The number of furan rings is 1. The van der Waals surface area contributed by atoms with Crippen molar-refractivity contribution in [1.82, 2.24) is 5.32 Å².